The second-order valence-electron chi connectivity index (χ2n) is 4.01. The Morgan fingerprint density at radius 2 is 2.18 bits per heavy atom. The van der Waals surface area contributed by atoms with Crippen LogP contribution in [0.5, 0.6) is 0 Å². The second-order valence-corrected chi connectivity index (χ2v) is 4.01. The van der Waals surface area contributed by atoms with Crippen molar-refractivity contribution in [3.8, 4) is 0 Å². The van der Waals surface area contributed by atoms with Gasteiger partial charge in [0.15, 0.2) is 0 Å². The fourth-order valence-electron chi connectivity index (χ4n) is 1.66. The molecule has 0 aliphatic rings. The first-order chi connectivity index (χ1) is 8.19. The van der Waals surface area contributed by atoms with Gasteiger partial charge in [-0.05, 0) is 19.9 Å². The predicted octanol–water partition coefficient (Wildman–Crippen LogP) is 2.96. The molecule has 1 aromatic carbocycles. The van der Waals surface area contributed by atoms with Crippen LogP contribution in [0.3, 0.4) is 0 Å². The Balaban J connectivity index is 2.04. The summed E-state index contributed by atoms with van der Waals surface area (Å²) in [6, 6.07) is 7.00. The molecule has 0 saturated carbocycles. The molecule has 17 heavy (non-hydrogen) atoms. The van der Waals surface area contributed by atoms with Crippen molar-refractivity contribution in [3.05, 3.63) is 47.4 Å². The van der Waals surface area contributed by atoms with Crippen LogP contribution in [0.4, 0.5) is 10.2 Å². The van der Waals surface area contributed by atoms with E-state index in [2.05, 4.69) is 10.4 Å². The maximum absolute atomic E-state index is 13.5. The molecule has 0 aliphatic heterocycles. The van der Waals surface area contributed by atoms with E-state index in [0.717, 1.165) is 17.9 Å². The third-order valence-corrected chi connectivity index (χ3v) is 2.63. The van der Waals surface area contributed by atoms with E-state index < -0.39 is 0 Å². The summed E-state index contributed by atoms with van der Waals surface area (Å²) in [6.45, 7) is 5.26. The molecule has 1 aromatic heterocycles. The molecule has 2 rings (SSSR count). The summed E-state index contributed by atoms with van der Waals surface area (Å²) in [6.07, 6.45) is 1.90. The molecule has 0 unspecified atom stereocenters. The van der Waals surface area contributed by atoms with Crippen LogP contribution in [-0.2, 0) is 13.1 Å². The molecule has 0 fully saturated rings. The first kappa shape index (κ1) is 11.6. The number of aryl methyl sites for hydroxylation is 2. The molecule has 2 aromatic rings. The highest BCUT2D eigenvalue weighted by Gasteiger charge is 2.03. The fraction of sp³-hybridized carbons (Fsp3) is 0.308. The normalized spacial score (nSPS) is 10.5. The zero-order chi connectivity index (χ0) is 12.3. The van der Waals surface area contributed by atoms with E-state index in [1.807, 2.05) is 36.9 Å². The minimum absolute atomic E-state index is 0.182. The highest BCUT2D eigenvalue weighted by molar-refractivity contribution is 5.35. The lowest BCUT2D eigenvalue weighted by Gasteiger charge is -2.05. The van der Waals surface area contributed by atoms with Crippen LogP contribution in [-0.4, -0.2) is 9.78 Å². The van der Waals surface area contributed by atoms with E-state index in [1.165, 1.54) is 6.07 Å². The van der Waals surface area contributed by atoms with Gasteiger partial charge >= 0.3 is 0 Å². The van der Waals surface area contributed by atoms with E-state index >= 15 is 0 Å². The minimum atomic E-state index is -0.182. The van der Waals surface area contributed by atoms with Gasteiger partial charge in [-0.1, -0.05) is 17.7 Å². The van der Waals surface area contributed by atoms with Crippen LogP contribution in [0.15, 0.2) is 30.5 Å². The predicted molar refractivity (Wildman–Crippen MR) is 66.4 cm³/mol. The van der Waals surface area contributed by atoms with Crippen LogP contribution in [0.2, 0.25) is 0 Å². The molecule has 4 heteroatoms. The summed E-state index contributed by atoms with van der Waals surface area (Å²) in [4.78, 5) is 0. The van der Waals surface area contributed by atoms with Crippen LogP contribution < -0.4 is 5.32 Å². The Bertz CT molecular complexity index is 505. The Labute approximate surface area is 100 Å². The maximum Gasteiger partial charge on any atom is 0.148 e. The minimum Gasteiger partial charge on any atom is -0.364 e. The van der Waals surface area contributed by atoms with Gasteiger partial charge in [0.25, 0.3) is 0 Å². The van der Waals surface area contributed by atoms with Crippen LogP contribution in [0, 0.1) is 12.7 Å². The van der Waals surface area contributed by atoms with Crippen molar-refractivity contribution in [2.45, 2.75) is 26.9 Å². The lowest BCUT2D eigenvalue weighted by Crippen LogP contribution is -2.03. The second kappa shape index (κ2) is 4.99. The number of nitrogens with zero attached hydrogens (tertiary/aromatic N) is 2. The Morgan fingerprint density at radius 1 is 1.35 bits per heavy atom. The fourth-order valence-corrected chi connectivity index (χ4v) is 1.66. The smallest absolute Gasteiger partial charge is 0.148 e. The number of halogens is 1. The molecular weight excluding hydrogens is 217 g/mol. The van der Waals surface area contributed by atoms with Gasteiger partial charge in [-0.3, -0.25) is 4.68 Å². The van der Waals surface area contributed by atoms with Crippen molar-refractivity contribution in [3.63, 3.8) is 0 Å². The standard InChI is InChI=1S/C13H16FN3/c1-3-17-7-6-13(16-17)15-9-11-8-10(2)4-5-12(11)14/h4-8H,3,9H2,1-2H3,(H,15,16). The average Bonchev–Trinajstić information content (AvgIpc) is 2.78. The van der Waals surface area contributed by atoms with Gasteiger partial charge in [-0.25, -0.2) is 4.39 Å². The number of nitrogens with one attached hydrogen (secondary N) is 1. The number of hydrogen-bond donors (Lipinski definition) is 1. The Kier molecular flexibility index (Phi) is 3.42. The Morgan fingerprint density at radius 3 is 2.88 bits per heavy atom. The van der Waals surface area contributed by atoms with Gasteiger partial charge in [-0.2, -0.15) is 5.10 Å². The zero-order valence-corrected chi connectivity index (χ0v) is 10.1. The molecule has 0 atom stereocenters. The highest BCUT2D eigenvalue weighted by Crippen LogP contribution is 2.12. The van der Waals surface area contributed by atoms with Crippen molar-refractivity contribution in [2.24, 2.45) is 0 Å². The van der Waals surface area contributed by atoms with E-state index in [9.17, 15) is 4.39 Å². The number of rotatable bonds is 4. The quantitative estimate of drug-likeness (QED) is 0.879. The monoisotopic (exact) mass is 233 g/mol. The van der Waals surface area contributed by atoms with Gasteiger partial charge in [-0.15, -0.1) is 0 Å². The molecule has 90 valence electrons. The van der Waals surface area contributed by atoms with Crippen molar-refractivity contribution < 1.29 is 4.39 Å². The number of anilines is 1. The van der Waals surface area contributed by atoms with Crippen molar-refractivity contribution in [2.75, 3.05) is 5.32 Å². The van der Waals surface area contributed by atoms with Crippen LogP contribution >= 0.6 is 0 Å². The van der Waals surface area contributed by atoms with E-state index in [4.69, 9.17) is 0 Å². The summed E-state index contributed by atoms with van der Waals surface area (Å²) < 4.78 is 15.3. The number of aromatic nitrogens is 2. The van der Waals surface area contributed by atoms with Gasteiger partial charge < -0.3 is 5.32 Å². The summed E-state index contributed by atoms with van der Waals surface area (Å²) in [5.74, 6) is 0.589. The summed E-state index contributed by atoms with van der Waals surface area (Å²) >= 11 is 0. The first-order valence-corrected chi connectivity index (χ1v) is 5.71. The molecule has 0 aliphatic carbocycles. The van der Waals surface area contributed by atoms with Crippen molar-refractivity contribution >= 4 is 5.82 Å². The van der Waals surface area contributed by atoms with E-state index in [1.54, 1.807) is 6.07 Å². The van der Waals surface area contributed by atoms with Crippen LogP contribution in [0.1, 0.15) is 18.1 Å². The van der Waals surface area contributed by atoms with E-state index in [-0.39, 0.29) is 5.82 Å². The van der Waals surface area contributed by atoms with Gasteiger partial charge in [0, 0.05) is 30.9 Å². The van der Waals surface area contributed by atoms with Crippen molar-refractivity contribution in [1.82, 2.24) is 9.78 Å². The van der Waals surface area contributed by atoms with Gasteiger partial charge in [0.2, 0.25) is 0 Å². The lowest BCUT2D eigenvalue weighted by molar-refractivity contribution is 0.612. The zero-order valence-electron chi connectivity index (χ0n) is 10.1. The molecule has 0 radical (unpaired) electrons. The van der Waals surface area contributed by atoms with Gasteiger partial charge in [0.05, 0.1) is 0 Å². The first-order valence-electron chi connectivity index (χ1n) is 5.71. The highest BCUT2D eigenvalue weighted by atomic mass is 19.1. The molecule has 1 N–H and O–H groups in total. The Hall–Kier alpha value is -1.84. The summed E-state index contributed by atoms with van der Waals surface area (Å²) in [7, 11) is 0. The molecule has 0 bridgehead atoms. The topological polar surface area (TPSA) is 29.9 Å². The van der Waals surface area contributed by atoms with Crippen molar-refractivity contribution in [1.29, 1.82) is 0 Å². The maximum atomic E-state index is 13.5. The summed E-state index contributed by atoms with van der Waals surface area (Å²) in [5, 5.41) is 7.39. The number of benzene rings is 1. The third kappa shape index (κ3) is 2.84. The third-order valence-electron chi connectivity index (χ3n) is 2.63. The largest absolute Gasteiger partial charge is 0.364 e. The average molecular weight is 233 g/mol. The molecule has 0 spiro atoms. The molecule has 1 heterocycles. The van der Waals surface area contributed by atoms with Crippen LogP contribution in [0.25, 0.3) is 0 Å². The van der Waals surface area contributed by atoms with Gasteiger partial charge in [0.1, 0.15) is 11.6 Å². The lowest BCUT2D eigenvalue weighted by atomic mass is 10.1. The number of hydrogen-bond acceptors (Lipinski definition) is 2. The molecule has 3 nitrogen and oxygen atoms in total. The molecular formula is C13H16FN3. The molecule has 0 amide bonds. The molecule has 0 saturated heterocycles. The SMILES string of the molecule is CCn1ccc(NCc2cc(C)ccc2F)n1. The summed E-state index contributed by atoms with van der Waals surface area (Å²) in [5.41, 5.74) is 1.72. The van der Waals surface area contributed by atoms with E-state index in [0.29, 0.717) is 12.1 Å².